The minimum absolute atomic E-state index is 0.0827. The Morgan fingerprint density at radius 1 is 1.38 bits per heavy atom. The van der Waals surface area contributed by atoms with Crippen LogP contribution in [-0.2, 0) is 11.2 Å². The highest BCUT2D eigenvalue weighted by molar-refractivity contribution is 6.30. The lowest BCUT2D eigenvalue weighted by atomic mass is 10.0. The molecule has 24 heavy (non-hydrogen) atoms. The second-order valence-corrected chi connectivity index (χ2v) is 6.45. The van der Waals surface area contributed by atoms with Crippen LogP contribution in [0.5, 0.6) is 0 Å². The summed E-state index contributed by atoms with van der Waals surface area (Å²) in [5, 5.41) is 10.8. The molecule has 2 heterocycles. The zero-order valence-electron chi connectivity index (χ0n) is 13.4. The van der Waals surface area contributed by atoms with Gasteiger partial charge in [-0.1, -0.05) is 16.8 Å². The lowest BCUT2D eigenvalue weighted by Crippen LogP contribution is -2.26. The van der Waals surface area contributed by atoms with Crippen LogP contribution in [0.1, 0.15) is 25.2 Å². The quantitative estimate of drug-likeness (QED) is 0.803. The zero-order valence-corrected chi connectivity index (χ0v) is 14.2. The molecule has 3 rings (SSSR count). The van der Waals surface area contributed by atoms with Crippen molar-refractivity contribution in [1.29, 1.82) is 0 Å². The van der Waals surface area contributed by atoms with Crippen molar-refractivity contribution in [3.63, 3.8) is 0 Å². The molecule has 0 radical (unpaired) electrons. The molecule has 2 N–H and O–H groups in total. The highest BCUT2D eigenvalue weighted by atomic mass is 35.5. The minimum atomic E-state index is 0.0827. The molecule has 2 aromatic rings. The topological polar surface area (TPSA) is 80.0 Å². The van der Waals surface area contributed by atoms with Crippen LogP contribution in [0.4, 0.5) is 0 Å². The molecule has 0 spiro atoms. The Bertz CT molecular complexity index is 665. The first-order valence-electron chi connectivity index (χ1n) is 8.26. The van der Waals surface area contributed by atoms with Crippen LogP contribution in [0.25, 0.3) is 11.4 Å². The smallest absolute Gasteiger partial charge is 0.228 e. The molecule has 1 unspecified atom stereocenters. The largest absolute Gasteiger partial charge is 0.356 e. The second kappa shape index (κ2) is 8.26. The number of aromatic nitrogens is 2. The van der Waals surface area contributed by atoms with Crippen LogP contribution >= 0.6 is 11.6 Å². The van der Waals surface area contributed by atoms with Crippen LogP contribution in [0, 0.1) is 5.92 Å². The molecule has 1 aromatic carbocycles. The monoisotopic (exact) mass is 348 g/mol. The number of hydrogen-bond acceptors (Lipinski definition) is 5. The molecule has 1 saturated heterocycles. The van der Waals surface area contributed by atoms with Gasteiger partial charge in [0.1, 0.15) is 0 Å². The molecule has 128 valence electrons. The Morgan fingerprint density at radius 2 is 2.21 bits per heavy atom. The van der Waals surface area contributed by atoms with E-state index in [2.05, 4.69) is 20.8 Å². The van der Waals surface area contributed by atoms with Crippen LogP contribution in [0.3, 0.4) is 0 Å². The molecule has 0 bridgehead atoms. The highest BCUT2D eigenvalue weighted by Crippen LogP contribution is 2.18. The van der Waals surface area contributed by atoms with Crippen molar-refractivity contribution in [2.75, 3.05) is 19.6 Å². The van der Waals surface area contributed by atoms with Gasteiger partial charge in [0.25, 0.3) is 0 Å². The van der Waals surface area contributed by atoms with E-state index in [0.717, 1.165) is 25.1 Å². The van der Waals surface area contributed by atoms with Crippen LogP contribution < -0.4 is 10.6 Å². The summed E-state index contributed by atoms with van der Waals surface area (Å²) in [5.74, 6) is 1.76. The Balaban J connectivity index is 1.40. The maximum atomic E-state index is 11.8. The second-order valence-electron chi connectivity index (χ2n) is 6.02. The molecule has 1 aliphatic rings. The standard InChI is InChI=1S/C17H21ClN4O2/c18-14-4-2-13(3-5-14)17-21-16(24-22-17)8-10-20-15(23)6-1-12-7-9-19-11-12/h2-5,12,19H,1,6-11H2,(H,20,23). The van der Waals surface area contributed by atoms with Crippen LogP contribution in [0.15, 0.2) is 28.8 Å². The van der Waals surface area contributed by atoms with Gasteiger partial charge in [-0.2, -0.15) is 4.98 Å². The number of benzene rings is 1. The van der Waals surface area contributed by atoms with E-state index in [4.69, 9.17) is 16.1 Å². The van der Waals surface area contributed by atoms with Gasteiger partial charge >= 0.3 is 0 Å². The Labute approximate surface area is 146 Å². The number of carbonyl (C=O) groups excluding carboxylic acids is 1. The van der Waals surface area contributed by atoms with Crippen molar-refractivity contribution < 1.29 is 9.32 Å². The summed E-state index contributed by atoms with van der Waals surface area (Å²) in [4.78, 5) is 16.2. The number of amides is 1. The Hall–Kier alpha value is -1.92. The molecule has 6 nitrogen and oxygen atoms in total. The summed E-state index contributed by atoms with van der Waals surface area (Å²) in [6.07, 6.45) is 3.21. The van der Waals surface area contributed by atoms with E-state index in [1.54, 1.807) is 12.1 Å². The molecule has 1 aliphatic heterocycles. The first-order chi connectivity index (χ1) is 11.7. The number of nitrogens with one attached hydrogen (secondary N) is 2. The van der Waals surface area contributed by atoms with Crippen LogP contribution in [0.2, 0.25) is 5.02 Å². The van der Waals surface area contributed by atoms with Crippen molar-refractivity contribution in [2.45, 2.75) is 25.7 Å². The van der Waals surface area contributed by atoms with E-state index in [9.17, 15) is 4.79 Å². The molecule has 1 aromatic heterocycles. The Kier molecular flexibility index (Phi) is 5.82. The van der Waals surface area contributed by atoms with Gasteiger partial charge in [-0.05, 0) is 56.1 Å². The fraction of sp³-hybridized carbons (Fsp3) is 0.471. The molecule has 7 heteroatoms. The van der Waals surface area contributed by atoms with Gasteiger partial charge < -0.3 is 15.2 Å². The summed E-state index contributed by atoms with van der Waals surface area (Å²) < 4.78 is 5.22. The van der Waals surface area contributed by atoms with Crippen molar-refractivity contribution in [1.82, 2.24) is 20.8 Å². The predicted molar refractivity (Wildman–Crippen MR) is 91.7 cm³/mol. The SMILES string of the molecule is O=C(CCC1CCNC1)NCCc1nc(-c2ccc(Cl)cc2)no1. The predicted octanol–water partition coefficient (Wildman–Crippen LogP) is 2.44. The van der Waals surface area contributed by atoms with Gasteiger partial charge in [0.15, 0.2) is 0 Å². The highest BCUT2D eigenvalue weighted by Gasteiger charge is 2.15. The molecular weight excluding hydrogens is 328 g/mol. The molecule has 1 atom stereocenters. The lowest BCUT2D eigenvalue weighted by Gasteiger charge is -2.07. The fourth-order valence-corrected chi connectivity index (χ4v) is 2.89. The van der Waals surface area contributed by atoms with Gasteiger partial charge in [0.2, 0.25) is 17.6 Å². The number of nitrogens with zero attached hydrogens (tertiary/aromatic N) is 2. The van der Waals surface area contributed by atoms with E-state index in [0.29, 0.717) is 42.0 Å². The third-order valence-corrected chi connectivity index (χ3v) is 4.43. The maximum Gasteiger partial charge on any atom is 0.228 e. The third-order valence-electron chi connectivity index (χ3n) is 4.17. The normalized spacial score (nSPS) is 17.1. The summed E-state index contributed by atoms with van der Waals surface area (Å²) in [6, 6.07) is 7.26. The van der Waals surface area contributed by atoms with Gasteiger partial charge in [-0.3, -0.25) is 4.79 Å². The number of rotatable bonds is 7. The average Bonchev–Trinajstić information content (AvgIpc) is 3.25. The Morgan fingerprint density at radius 3 is 2.96 bits per heavy atom. The van der Waals surface area contributed by atoms with Crippen LogP contribution in [-0.4, -0.2) is 35.7 Å². The molecule has 1 amide bonds. The maximum absolute atomic E-state index is 11.8. The lowest BCUT2D eigenvalue weighted by molar-refractivity contribution is -0.121. The average molecular weight is 349 g/mol. The summed E-state index contributed by atoms with van der Waals surface area (Å²) in [6.45, 7) is 2.60. The first-order valence-corrected chi connectivity index (χ1v) is 8.64. The van der Waals surface area contributed by atoms with Gasteiger partial charge in [0.05, 0.1) is 0 Å². The number of halogens is 1. The van der Waals surface area contributed by atoms with Crippen molar-refractivity contribution in [2.24, 2.45) is 5.92 Å². The van der Waals surface area contributed by atoms with Gasteiger partial charge in [-0.15, -0.1) is 0 Å². The van der Waals surface area contributed by atoms with E-state index in [1.807, 2.05) is 12.1 Å². The van der Waals surface area contributed by atoms with E-state index >= 15 is 0 Å². The van der Waals surface area contributed by atoms with Crippen molar-refractivity contribution in [3.8, 4) is 11.4 Å². The first kappa shape index (κ1) is 16.9. The van der Waals surface area contributed by atoms with Crippen molar-refractivity contribution >= 4 is 17.5 Å². The van der Waals surface area contributed by atoms with E-state index in [1.165, 1.54) is 6.42 Å². The molecular formula is C17H21ClN4O2. The van der Waals surface area contributed by atoms with E-state index < -0.39 is 0 Å². The molecule has 1 fully saturated rings. The summed E-state index contributed by atoms with van der Waals surface area (Å²) in [5.41, 5.74) is 0.851. The summed E-state index contributed by atoms with van der Waals surface area (Å²) in [7, 11) is 0. The van der Waals surface area contributed by atoms with Gasteiger partial charge in [0, 0.05) is 30.0 Å². The molecule has 0 saturated carbocycles. The van der Waals surface area contributed by atoms with E-state index in [-0.39, 0.29) is 5.91 Å². The van der Waals surface area contributed by atoms with Gasteiger partial charge in [-0.25, -0.2) is 0 Å². The van der Waals surface area contributed by atoms with Crippen molar-refractivity contribution in [3.05, 3.63) is 35.2 Å². The zero-order chi connectivity index (χ0) is 16.8. The number of carbonyl (C=O) groups is 1. The number of hydrogen-bond donors (Lipinski definition) is 2. The summed E-state index contributed by atoms with van der Waals surface area (Å²) >= 11 is 5.86. The fourth-order valence-electron chi connectivity index (χ4n) is 2.77. The molecule has 0 aliphatic carbocycles. The minimum Gasteiger partial charge on any atom is -0.356 e. The third kappa shape index (κ3) is 4.79.